The first-order valence-electron chi connectivity index (χ1n) is 13.3. The number of pyridine rings is 1. The fourth-order valence-electron chi connectivity index (χ4n) is 5.72. The van der Waals surface area contributed by atoms with Crippen LogP contribution in [-0.2, 0) is 4.74 Å². The summed E-state index contributed by atoms with van der Waals surface area (Å²) in [6.45, 7) is 11.0. The first-order chi connectivity index (χ1) is 17.3. The Kier molecular flexibility index (Phi) is 8.57. The van der Waals surface area contributed by atoms with Gasteiger partial charge in [0.15, 0.2) is 0 Å². The number of carbonyl (C=O) groups is 1. The number of fused-ring (bicyclic) bond motifs is 1. The molecule has 198 valence electrons. The van der Waals surface area contributed by atoms with Crippen molar-refractivity contribution >= 4 is 22.7 Å². The summed E-state index contributed by atoms with van der Waals surface area (Å²) in [5.74, 6) is 1.31. The summed E-state index contributed by atoms with van der Waals surface area (Å²) >= 11 is 0. The molecule has 2 aliphatic rings. The second-order valence-corrected chi connectivity index (χ2v) is 11.0. The predicted octanol–water partition coefficient (Wildman–Crippen LogP) is 4.15. The molecule has 2 saturated heterocycles. The van der Waals surface area contributed by atoms with Crippen molar-refractivity contribution < 1.29 is 19.4 Å². The number of piperidine rings is 1. The fourth-order valence-corrected chi connectivity index (χ4v) is 5.72. The van der Waals surface area contributed by atoms with E-state index in [4.69, 9.17) is 9.47 Å². The Morgan fingerprint density at radius 3 is 2.58 bits per heavy atom. The zero-order valence-electron chi connectivity index (χ0n) is 22.3. The zero-order chi connectivity index (χ0) is 25.7. The van der Waals surface area contributed by atoms with Crippen molar-refractivity contribution in [3.63, 3.8) is 0 Å². The number of amides is 1. The SMILES string of the molecule is COc1ccc2cccnc2c1N1CCCN(C(CCO)C2CCN(C(=O)OC(C)(C)C)CC2)CC1. The van der Waals surface area contributed by atoms with Crippen LogP contribution in [0.3, 0.4) is 0 Å². The number of likely N-dealkylation sites (tertiary alicyclic amines) is 1. The lowest BCUT2D eigenvalue weighted by molar-refractivity contribution is 0.0113. The van der Waals surface area contributed by atoms with Gasteiger partial charge in [0.2, 0.25) is 0 Å². The van der Waals surface area contributed by atoms with Crippen LogP contribution in [0.25, 0.3) is 10.9 Å². The standard InChI is InChI=1S/C28H42N4O4/c1-28(2,3)36-27(34)32-16-10-21(11-17-32)23(12-20-33)30-14-6-15-31(19-18-30)26-24(35-4)9-8-22-7-5-13-29-25(22)26/h5,7-9,13,21,23,33H,6,10-12,14-20H2,1-4H3. The van der Waals surface area contributed by atoms with Crippen LogP contribution < -0.4 is 9.64 Å². The van der Waals surface area contributed by atoms with Gasteiger partial charge in [0.05, 0.1) is 12.6 Å². The number of nitrogens with zero attached hydrogens (tertiary/aromatic N) is 4. The maximum Gasteiger partial charge on any atom is 0.410 e. The van der Waals surface area contributed by atoms with Crippen LogP contribution in [-0.4, -0.2) is 90.6 Å². The summed E-state index contributed by atoms with van der Waals surface area (Å²) in [7, 11) is 1.72. The molecule has 0 saturated carbocycles. The minimum Gasteiger partial charge on any atom is -0.494 e. The highest BCUT2D eigenvalue weighted by Crippen LogP contribution is 2.36. The zero-order valence-corrected chi connectivity index (χ0v) is 22.3. The largest absolute Gasteiger partial charge is 0.494 e. The van der Waals surface area contributed by atoms with Crippen molar-refractivity contribution in [2.75, 3.05) is 57.9 Å². The van der Waals surface area contributed by atoms with Gasteiger partial charge in [-0.1, -0.05) is 6.07 Å². The van der Waals surface area contributed by atoms with Crippen molar-refractivity contribution in [3.8, 4) is 5.75 Å². The number of anilines is 1. The van der Waals surface area contributed by atoms with E-state index >= 15 is 0 Å². The molecule has 8 nitrogen and oxygen atoms in total. The van der Waals surface area contributed by atoms with Crippen LogP contribution >= 0.6 is 0 Å². The second-order valence-electron chi connectivity index (χ2n) is 11.0. The first kappa shape index (κ1) is 26.5. The van der Waals surface area contributed by atoms with E-state index in [0.29, 0.717) is 25.0 Å². The summed E-state index contributed by atoms with van der Waals surface area (Å²) in [5.41, 5.74) is 1.57. The Bertz CT molecular complexity index is 1020. The molecular formula is C28H42N4O4. The molecule has 0 radical (unpaired) electrons. The molecule has 1 amide bonds. The van der Waals surface area contributed by atoms with Gasteiger partial charge < -0.3 is 24.4 Å². The minimum atomic E-state index is -0.479. The normalized spacial score (nSPS) is 19.2. The highest BCUT2D eigenvalue weighted by atomic mass is 16.6. The number of aliphatic hydroxyl groups excluding tert-OH is 1. The van der Waals surface area contributed by atoms with Crippen LogP contribution in [0.5, 0.6) is 5.75 Å². The summed E-state index contributed by atoms with van der Waals surface area (Å²) < 4.78 is 11.3. The van der Waals surface area contributed by atoms with E-state index in [1.54, 1.807) is 7.11 Å². The molecule has 1 atom stereocenters. The van der Waals surface area contributed by atoms with Crippen molar-refractivity contribution in [3.05, 3.63) is 30.5 Å². The van der Waals surface area contributed by atoms with Gasteiger partial charge in [-0.05, 0) is 70.6 Å². The summed E-state index contributed by atoms with van der Waals surface area (Å²) in [6, 6.07) is 8.47. The maximum absolute atomic E-state index is 12.5. The van der Waals surface area contributed by atoms with Gasteiger partial charge in [0, 0.05) is 63.5 Å². The number of rotatable bonds is 6. The van der Waals surface area contributed by atoms with E-state index in [-0.39, 0.29) is 12.7 Å². The molecule has 0 spiro atoms. The molecule has 3 heterocycles. The third-order valence-electron chi connectivity index (χ3n) is 7.41. The monoisotopic (exact) mass is 498 g/mol. The molecule has 1 unspecified atom stereocenters. The lowest BCUT2D eigenvalue weighted by Crippen LogP contribution is -2.49. The number of hydrogen-bond donors (Lipinski definition) is 1. The third-order valence-corrected chi connectivity index (χ3v) is 7.41. The minimum absolute atomic E-state index is 0.179. The highest BCUT2D eigenvalue weighted by Gasteiger charge is 2.34. The van der Waals surface area contributed by atoms with E-state index < -0.39 is 5.60 Å². The Morgan fingerprint density at radius 2 is 1.89 bits per heavy atom. The Balaban J connectivity index is 1.43. The van der Waals surface area contributed by atoms with E-state index in [2.05, 4.69) is 26.9 Å². The topological polar surface area (TPSA) is 78.4 Å². The number of aliphatic hydroxyl groups is 1. The Labute approximate surface area is 215 Å². The van der Waals surface area contributed by atoms with Crippen molar-refractivity contribution in [2.45, 2.75) is 58.1 Å². The Morgan fingerprint density at radius 1 is 1.11 bits per heavy atom. The summed E-state index contributed by atoms with van der Waals surface area (Å²) in [5, 5.41) is 11.0. The number of hydrogen-bond acceptors (Lipinski definition) is 7. The predicted molar refractivity (Wildman–Crippen MR) is 143 cm³/mol. The molecule has 2 fully saturated rings. The van der Waals surface area contributed by atoms with Gasteiger partial charge in [0.1, 0.15) is 17.0 Å². The molecule has 2 aromatic rings. The van der Waals surface area contributed by atoms with E-state index in [9.17, 15) is 9.90 Å². The van der Waals surface area contributed by atoms with Gasteiger partial charge in [0.25, 0.3) is 0 Å². The summed E-state index contributed by atoms with van der Waals surface area (Å²) in [4.78, 5) is 24.0. The molecule has 4 rings (SSSR count). The van der Waals surface area contributed by atoms with Crippen LogP contribution in [0, 0.1) is 5.92 Å². The fraction of sp³-hybridized carbons (Fsp3) is 0.643. The quantitative estimate of drug-likeness (QED) is 0.641. The maximum atomic E-state index is 12.5. The molecule has 1 N–H and O–H groups in total. The Hall–Kier alpha value is -2.58. The second kappa shape index (κ2) is 11.6. The van der Waals surface area contributed by atoms with Crippen LogP contribution in [0.15, 0.2) is 30.5 Å². The van der Waals surface area contributed by atoms with Crippen LogP contribution in [0.2, 0.25) is 0 Å². The number of ether oxygens (including phenoxy) is 2. The molecule has 0 aliphatic carbocycles. The van der Waals surface area contributed by atoms with Gasteiger partial charge in [-0.2, -0.15) is 0 Å². The highest BCUT2D eigenvalue weighted by molar-refractivity contribution is 5.94. The number of carbonyl (C=O) groups excluding carboxylic acids is 1. The van der Waals surface area contributed by atoms with Gasteiger partial charge >= 0.3 is 6.09 Å². The third kappa shape index (κ3) is 6.21. The average Bonchev–Trinajstić information content (AvgIpc) is 3.11. The van der Waals surface area contributed by atoms with Gasteiger partial charge in [-0.15, -0.1) is 0 Å². The van der Waals surface area contributed by atoms with E-state index in [1.807, 2.05) is 44.0 Å². The number of benzene rings is 1. The molecule has 8 heteroatoms. The lowest BCUT2D eigenvalue weighted by Gasteiger charge is -2.41. The molecule has 1 aromatic carbocycles. The number of aromatic nitrogens is 1. The molecule has 36 heavy (non-hydrogen) atoms. The molecule has 0 bridgehead atoms. The van der Waals surface area contributed by atoms with Gasteiger partial charge in [-0.25, -0.2) is 4.79 Å². The molecule has 1 aromatic heterocycles. The van der Waals surface area contributed by atoms with Crippen LogP contribution in [0.4, 0.5) is 10.5 Å². The lowest BCUT2D eigenvalue weighted by atomic mass is 9.86. The van der Waals surface area contributed by atoms with Crippen molar-refractivity contribution in [2.24, 2.45) is 5.92 Å². The molecular weight excluding hydrogens is 456 g/mol. The summed E-state index contributed by atoms with van der Waals surface area (Å²) in [6.07, 6.45) is 5.29. The van der Waals surface area contributed by atoms with Crippen molar-refractivity contribution in [1.29, 1.82) is 0 Å². The van der Waals surface area contributed by atoms with Crippen molar-refractivity contribution in [1.82, 2.24) is 14.8 Å². The van der Waals surface area contributed by atoms with E-state index in [1.165, 1.54) is 0 Å². The van der Waals surface area contributed by atoms with Crippen LogP contribution in [0.1, 0.15) is 46.5 Å². The molecule has 2 aliphatic heterocycles. The van der Waals surface area contributed by atoms with Gasteiger partial charge in [-0.3, -0.25) is 9.88 Å². The van der Waals surface area contributed by atoms with E-state index in [0.717, 1.165) is 74.2 Å². The average molecular weight is 499 g/mol. The first-order valence-corrected chi connectivity index (χ1v) is 13.3. The smallest absolute Gasteiger partial charge is 0.410 e. The number of methoxy groups -OCH3 is 1.